The molecule has 0 bridgehead atoms. The Bertz CT molecular complexity index is 674. The molecule has 30 heavy (non-hydrogen) atoms. The molecule has 9 atom stereocenters. The van der Waals surface area contributed by atoms with Crippen molar-refractivity contribution in [2.45, 2.75) is 105 Å². The SMILES string of the molecule is CCC(/C=C/[C@@H](C)[C@H]1CC[C@H]2[C@@H]3CC=C4CC(Cl)CC[C@]4(C)[C@H]3CC[C@]12C)C(C)C. The van der Waals surface area contributed by atoms with Crippen molar-refractivity contribution in [2.24, 2.45) is 52.3 Å². The Balaban J connectivity index is 1.52. The van der Waals surface area contributed by atoms with E-state index in [1.54, 1.807) is 5.57 Å². The van der Waals surface area contributed by atoms with Crippen molar-refractivity contribution < 1.29 is 0 Å². The summed E-state index contributed by atoms with van der Waals surface area (Å²) in [6.07, 6.45) is 20.0. The quantitative estimate of drug-likeness (QED) is 0.301. The van der Waals surface area contributed by atoms with Crippen molar-refractivity contribution in [2.75, 3.05) is 0 Å². The molecule has 2 unspecified atom stereocenters. The van der Waals surface area contributed by atoms with E-state index in [0.29, 0.717) is 16.2 Å². The topological polar surface area (TPSA) is 0 Å². The van der Waals surface area contributed by atoms with Gasteiger partial charge in [0.1, 0.15) is 0 Å². The summed E-state index contributed by atoms with van der Waals surface area (Å²) >= 11 is 6.57. The summed E-state index contributed by atoms with van der Waals surface area (Å²) in [5.41, 5.74) is 2.73. The highest BCUT2D eigenvalue weighted by molar-refractivity contribution is 6.20. The van der Waals surface area contributed by atoms with Gasteiger partial charge < -0.3 is 0 Å². The van der Waals surface area contributed by atoms with Crippen LogP contribution in [-0.4, -0.2) is 5.38 Å². The lowest BCUT2D eigenvalue weighted by atomic mass is 9.47. The number of hydrogen-bond donors (Lipinski definition) is 0. The number of alkyl halides is 1. The van der Waals surface area contributed by atoms with Crippen LogP contribution in [0.2, 0.25) is 0 Å². The van der Waals surface area contributed by atoms with Gasteiger partial charge >= 0.3 is 0 Å². The molecule has 3 fully saturated rings. The fourth-order valence-electron chi connectivity index (χ4n) is 8.80. The predicted molar refractivity (Wildman–Crippen MR) is 132 cm³/mol. The molecule has 0 aliphatic heterocycles. The first-order chi connectivity index (χ1) is 14.2. The van der Waals surface area contributed by atoms with Crippen LogP contribution < -0.4 is 0 Å². The fraction of sp³-hybridized carbons (Fsp3) is 0.862. The molecule has 4 aliphatic rings. The van der Waals surface area contributed by atoms with Crippen LogP contribution in [-0.2, 0) is 0 Å². The van der Waals surface area contributed by atoms with Gasteiger partial charge in [0.25, 0.3) is 0 Å². The molecule has 4 aliphatic carbocycles. The average molecular weight is 431 g/mol. The van der Waals surface area contributed by atoms with Gasteiger partial charge in [-0.25, -0.2) is 0 Å². The summed E-state index contributed by atoms with van der Waals surface area (Å²) in [4.78, 5) is 0. The first-order valence-electron chi connectivity index (χ1n) is 13.2. The van der Waals surface area contributed by atoms with Crippen molar-refractivity contribution in [1.29, 1.82) is 0 Å². The minimum atomic E-state index is 0.385. The molecule has 1 heteroatoms. The Morgan fingerprint density at radius 2 is 1.80 bits per heavy atom. The average Bonchev–Trinajstić information content (AvgIpc) is 3.06. The minimum absolute atomic E-state index is 0.385. The normalized spacial score (nSPS) is 45.6. The van der Waals surface area contributed by atoms with Crippen LogP contribution >= 0.6 is 11.6 Å². The second-order valence-electron chi connectivity index (χ2n) is 12.4. The third kappa shape index (κ3) is 3.76. The van der Waals surface area contributed by atoms with Crippen LogP contribution in [0.25, 0.3) is 0 Å². The Hall–Kier alpha value is -0.230. The van der Waals surface area contributed by atoms with Gasteiger partial charge in [0.05, 0.1) is 0 Å². The highest BCUT2D eigenvalue weighted by Crippen LogP contribution is 2.67. The second kappa shape index (κ2) is 8.61. The van der Waals surface area contributed by atoms with Gasteiger partial charge in [-0.05, 0) is 110 Å². The number of hydrogen-bond acceptors (Lipinski definition) is 0. The van der Waals surface area contributed by atoms with E-state index in [2.05, 4.69) is 59.8 Å². The summed E-state index contributed by atoms with van der Waals surface area (Å²) in [6.45, 7) is 14.9. The van der Waals surface area contributed by atoms with Crippen LogP contribution in [0.4, 0.5) is 0 Å². The molecule has 0 nitrogen and oxygen atoms in total. The van der Waals surface area contributed by atoms with Crippen LogP contribution in [0.3, 0.4) is 0 Å². The molecule has 0 saturated heterocycles. The monoisotopic (exact) mass is 430 g/mol. The first-order valence-corrected chi connectivity index (χ1v) is 13.7. The van der Waals surface area contributed by atoms with E-state index >= 15 is 0 Å². The van der Waals surface area contributed by atoms with Crippen molar-refractivity contribution in [3.63, 3.8) is 0 Å². The molecule has 0 aromatic carbocycles. The molecule has 4 rings (SSSR count). The second-order valence-corrected chi connectivity index (χ2v) is 13.0. The summed E-state index contributed by atoms with van der Waals surface area (Å²) in [5, 5.41) is 0.385. The maximum Gasteiger partial charge on any atom is 0.0373 e. The maximum absolute atomic E-state index is 6.57. The summed E-state index contributed by atoms with van der Waals surface area (Å²) in [7, 11) is 0. The molecule has 0 heterocycles. The fourth-order valence-corrected chi connectivity index (χ4v) is 9.08. The van der Waals surface area contributed by atoms with Crippen molar-refractivity contribution in [3.8, 4) is 0 Å². The van der Waals surface area contributed by atoms with Gasteiger partial charge in [-0.15, -0.1) is 11.6 Å². The lowest BCUT2D eigenvalue weighted by Gasteiger charge is -2.58. The lowest BCUT2D eigenvalue weighted by molar-refractivity contribution is -0.0460. The summed E-state index contributed by atoms with van der Waals surface area (Å²) < 4.78 is 0. The third-order valence-corrected chi connectivity index (χ3v) is 11.1. The molecule has 0 amide bonds. The molecular formula is C29H47Cl. The summed E-state index contributed by atoms with van der Waals surface area (Å²) in [5.74, 6) is 5.87. The standard InChI is InChI=1S/C29H47Cl/c1-7-21(19(2)3)9-8-20(4)25-12-13-26-24-11-10-22-18-23(30)14-16-28(22,5)27(24)15-17-29(25,26)6/h8-10,19-21,23-27H,7,11-18H2,1-6H3/b9-8+/t20-,21?,23?,24+,25-,26+,27+,28+,29-/m1/s1. The minimum Gasteiger partial charge on any atom is -0.123 e. The molecule has 0 aromatic heterocycles. The Kier molecular flexibility index (Phi) is 6.58. The maximum atomic E-state index is 6.57. The van der Waals surface area contributed by atoms with Crippen molar-refractivity contribution in [3.05, 3.63) is 23.8 Å². The number of rotatable bonds is 5. The number of fused-ring (bicyclic) bond motifs is 5. The largest absolute Gasteiger partial charge is 0.123 e. The Labute approximate surface area is 192 Å². The van der Waals surface area contributed by atoms with E-state index in [9.17, 15) is 0 Å². The van der Waals surface area contributed by atoms with Gasteiger partial charge in [-0.3, -0.25) is 0 Å². The van der Waals surface area contributed by atoms with Gasteiger partial charge in [0, 0.05) is 5.38 Å². The number of allylic oxidation sites excluding steroid dienone is 4. The van der Waals surface area contributed by atoms with E-state index in [1.165, 1.54) is 51.4 Å². The zero-order valence-corrected chi connectivity index (χ0v) is 21.3. The third-order valence-electron chi connectivity index (χ3n) is 10.7. The molecule has 0 radical (unpaired) electrons. The predicted octanol–water partition coefficient (Wildman–Crippen LogP) is 9.05. The van der Waals surface area contributed by atoms with Gasteiger partial charge in [-0.2, -0.15) is 0 Å². The van der Waals surface area contributed by atoms with E-state index < -0.39 is 0 Å². The van der Waals surface area contributed by atoms with Crippen LogP contribution in [0.1, 0.15) is 99.3 Å². The molecular weight excluding hydrogens is 384 g/mol. The van der Waals surface area contributed by atoms with Crippen molar-refractivity contribution >= 4 is 11.6 Å². The lowest BCUT2D eigenvalue weighted by Crippen LogP contribution is -2.50. The van der Waals surface area contributed by atoms with Gasteiger partial charge in [-0.1, -0.05) is 65.3 Å². The van der Waals surface area contributed by atoms with Gasteiger partial charge in [0.2, 0.25) is 0 Å². The highest BCUT2D eigenvalue weighted by Gasteiger charge is 2.58. The van der Waals surface area contributed by atoms with E-state index in [-0.39, 0.29) is 0 Å². The smallest absolute Gasteiger partial charge is 0.0373 e. The van der Waals surface area contributed by atoms with Crippen LogP contribution in [0.15, 0.2) is 23.8 Å². The van der Waals surface area contributed by atoms with Gasteiger partial charge in [0.15, 0.2) is 0 Å². The molecule has 0 aromatic rings. The van der Waals surface area contributed by atoms with Crippen LogP contribution in [0, 0.1) is 52.3 Å². The Morgan fingerprint density at radius 1 is 1.03 bits per heavy atom. The zero-order valence-electron chi connectivity index (χ0n) is 20.6. The molecule has 0 spiro atoms. The van der Waals surface area contributed by atoms with E-state index in [4.69, 9.17) is 11.6 Å². The van der Waals surface area contributed by atoms with E-state index in [1.807, 2.05) is 0 Å². The first kappa shape index (κ1) is 22.9. The van der Waals surface area contributed by atoms with E-state index in [0.717, 1.165) is 47.8 Å². The molecule has 170 valence electrons. The van der Waals surface area contributed by atoms with Crippen LogP contribution in [0.5, 0.6) is 0 Å². The number of halogens is 1. The van der Waals surface area contributed by atoms with Crippen molar-refractivity contribution in [1.82, 2.24) is 0 Å². The zero-order chi connectivity index (χ0) is 21.7. The highest BCUT2D eigenvalue weighted by atomic mass is 35.5. The Morgan fingerprint density at radius 3 is 2.50 bits per heavy atom. The summed E-state index contributed by atoms with van der Waals surface area (Å²) in [6, 6.07) is 0. The molecule has 3 saturated carbocycles. The molecule has 0 N–H and O–H groups in total.